The number of piperidine rings is 1. The van der Waals surface area contributed by atoms with E-state index in [1.165, 1.54) is 30.6 Å². The maximum Gasteiger partial charge on any atom is 0.255 e. The summed E-state index contributed by atoms with van der Waals surface area (Å²) in [5, 5.41) is 1.91. The van der Waals surface area contributed by atoms with E-state index in [0.29, 0.717) is 12.6 Å². The Morgan fingerprint density at radius 1 is 1.56 bits per heavy atom. The van der Waals surface area contributed by atoms with Crippen LogP contribution in [0.2, 0.25) is 0 Å². The lowest BCUT2D eigenvalue weighted by atomic mass is 10.1. The number of rotatable bonds is 1. The summed E-state index contributed by atoms with van der Waals surface area (Å²) in [5.41, 5.74) is 6.13. The molecule has 1 saturated carbocycles. The molecule has 0 spiro atoms. The van der Waals surface area contributed by atoms with Crippen LogP contribution < -0.4 is 5.73 Å². The van der Waals surface area contributed by atoms with Crippen molar-refractivity contribution in [1.82, 2.24) is 4.90 Å². The Balaban J connectivity index is 1.74. The molecule has 2 unspecified atom stereocenters. The van der Waals surface area contributed by atoms with Crippen LogP contribution in [0.15, 0.2) is 11.4 Å². The number of amides is 1. The Kier molecular flexibility index (Phi) is 3.11. The summed E-state index contributed by atoms with van der Waals surface area (Å²) in [6.07, 6.45) is 3.68. The normalized spacial score (nSPS) is 25.1. The molecule has 3 nitrogen and oxygen atoms in total. The second-order valence-electron chi connectivity index (χ2n) is 5.00. The van der Waals surface area contributed by atoms with Gasteiger partial charge in [0.1, 0.15) is 0 Å². The minimum Gasteiger partial charge on any atom is -0.335 e. The number of carbonyl (C=O) groups excluding carboxylic acids is 1. The molecule has 2 aliphatic rings. The van der Waals surface area contributed by atoms with Gasteiger partial charge in [-0.3, -0.25) is 4.79 Å². The zero-order chi connectivity index (χ0) is 12.5. The van der Waals surface area contributed by atoms with Crippen molar-refractivity contribution < 1.29 is 4.79 Å². The van der Waals surface area contributed by atoms with Gasteiger partial charge in [-0.15, -0.1) is 11.3 Å². The van der Waals surface area contributed by atoms with Gasteiger partial charge in [0.2, 0.25) is 0 Å². The predicted octanol–water partition coefficient (Wildman–Crippen LogP) is 1.68. The molecule has 0 aromatic carbocycles. The average Bonchev–Trinajstić information content (AvgIpc) is 3.10. The van der Waals surface area contributed by atoms with Crippen molar-refractivity contribution in [1.29, 1.82) is 0 Å². The summed E-state index contributed by atoms with van der Waals surface area (Å²) < 4.78 is 0. The van der Waals surface area contributed by atoms with Crippen molar-refractivity contribution in [3.05, 3.63) is 21.9 Å². The number of hydrogen-bond donors (Lipinski definition) is 1. The number of hydrogen-bond acceptors (Lipinski definition) is 3. The fraction of sp³-hybridized carbons (Fsp3) is 0.500. The lowest BCUT2D eigenvalue weighted by Gasteiger charge is -2.26. The molecular formula is C14H16N2OS. The van der Waals surface area contributed by atoms with Crippen LogP contribution in [0.1, 0.15) is 34.5 Å². The van der Waals surface area contributed by atoms with E-state index in [2.05, 4.69) is 16.7 Å². The smallest absolute Gasteiger partial charge is 0.255 e. The number of thiophene rings is 1. The molecule has 0 radical (unpaired) electrons. The number of carbonyl (C=O) groups is 1. The van der Waals surface area contributed by atoms with Crippen molar-refractivity contribution >= 4 is 17.2 Å². The van der Waals surface area contributed by atoms with E-state index < -0.39 is 0 Å². The van der Waals surface area contributed by atoms with E-state index in [1.807, 2.05) is 11.4 Å². The summed E-state index contributed by atoms with van der Waals surface area (Å²) in [6, 6.07) is 2.38. The topological polar surface area (TPSA) is 46.3 Å². The Morgan fingerprint density at radius 2 is 2.44 bits per heavy atom. The van der Waals surface area contributed by atoms with Gasteiger partial charge in [0.25, 0.3) is 5.91 Å². The van der Waals surface area contributed by atoms with E-state index in [-0.39, 0.29) is 5.91 Å². The van der Waals surface area contributed by atoms with E-state index in [1.54, 1.807) is 0 Å². The maximum atomic E-state index is 12.4. The average molecular weight is 260 g/mol. The van der Waals surface area contributed by atoms with E-state index in [0.717, 1.165) is 22.9 Å². The van der Waals surface area contributed by atoms with Crippen molar-refractivity contribution in [2.75, 3.05) is 13.1 Å². The summed E-state index contributed by atoms with van der Waals surface area (Å²) in [6.45, 7) is 1.31. The Labute approximate surface area is 111 Å². The van der Waals surface area contributed by atoms with Gasteiger partial charge in [0, 0.05) is 18.0 Å². The first-order chi connectivity index (χ1) is 8.78. The quantitative estimate of drug-likeness (QED) is 0.781. The van der Waals surface area contributed by atoms with Crippen LogP contribution in [0.5, 0.6) is 0 Å². The fourth-order valence-corrected chi connectivity index (χ4v) is 3.74. The molecule has 2 heterocycles. The molecule has 4 heteroatoms. The molecular weight excluding hydrogens is 244 g/mol. The standard InChI is InChI=1S/C14H16N2OS/c15-5-1-2-13-7-11(9-18-13)14(17)16-8-10-3-4-12(16)6-10/h7,9-10,12H,3-6,8,15H2. The highest BCUT2D eigenvalue weighted by Crippen LogP contribution is 2.38. The van der Waals surface area contributed by atoms with Crippen molar-refractivity contribution in [3.63, 3.8) is 0 Å². The van der Waals surface area contributed by atoms with Crippen LogP contribution >= 0.6 is 11.3 Å². The number of nitrogens with two attached hydrogens (primary N) is 1. The molecule has 2 fully saturated rings. The first-order valence-corrected chi connectivity index (χ1v) is 7.24. The molecule has 2 N–H and O–H groups in total. The van der Waals surface area contributed by atoms with E-state index in [4.69, 9.17) is 5.73 Å². The summed E-state index contributed by atoms with van der Waals surface area (Å²) in [5.74, 6) is 6.72. The van der Waals surface area contributed by atoms with Crippen LogP contribution in [0.4, 0.5) is 0 Å². The number of nitrogens with zero attached hydrogens (tertiary/aromatic N) is 1. The van der Waals surface area contributed by atoms with Gasteiger partial charge in [-0.2, -0.15) is 0 Å². The van der Waals surface area contributed by atoms with Gasteiger partial charge < -0.3 is 10.6 Å². The second-order valence-corrected chi connectivity index (χ2v) is 5.91. The molecule has 1 aromatic heterocycles. The van der Waals surface area contributed by atoms with Crippen molar-refractivity contribution in [2.45, 2.75) is 25.3 Å². The van der Waals surface area contributed by atoms with Gasteiger partial charge in [0.05, 0.1) is 17.0 Å². The Hall–Kier alpha value is -1.31. The maximum absolute atomic E-state index is 12.4. The third-order valence-corrected chi connectivity index (χ3v) is 4.68. The highest BCUT2D eigenvalue weighted by Gasteiger charge is 2.40. The lowest BCUT2D eigenvalue weighted by Crippen LogP contribution is -2.37. The molecule has 1 aliphatic heterocycles. The fourth-order valence-electron chi connectivity index (χ4n) is 2.99. The Bertz CT molecular complexity index is 525. The second kappa shape index (κ2) is 4.75. The SMILES string of the molecule is NCC#Cc1cc(C(=O)N2CC3CCC2C3)cs1. The number of fused-ring (bicyclic) bond motifs is 2. The molecule has 1 amide bonds. The predicted molar refractivity (Wildman–Crippen MR) is 72.4 cm³/mol. The summed E-state index contributed by atoms with van der Waals surface area (Å²) >= 11 is 1.52. The zero-order valence-electron chi connectivity index (χ0n) is 10.2. The minimum absolute atomic E-state index is 0.180. The van der Waals surface area contributed by atoms with Crippen LogP contribution in [-0.4, -0.2) is 29.9 Å². The van der Waals surface area contributed by atoms with Crippen LogP contribution in [0, 0.1) is 17.8 Å². The zero-order valence-corrected chi connectivity index (χ0v) is 11.0. The van der Waals surface area contributed by atoms with Gasteiger partial charge in [0.15, 0.2) is 0 Å². The molecule has 1 aliphatic carbocycles. The van der Waals surface area contributed by atoms with Gasteiger partial charge in [-0.25, -0.2) is 0 Å². The third-order valence-electron chi connectivity index (χ3n) is 3.83. The van der Waals surface area contributed by atoms with Gasteiger partial charge >= 0.3 is 0 Å². The lowest BCUT2D eigenvalue weighted by molar-refractivity contribution is 0.0704. The van der Waals surface area contributed by atoms with Gasteiger partial charge in [-0.05, 0) is 31.2 Å². The monoisotopic (exact) mass is 260 g/mol. The molecule has 94 valence electrons. The largest absolute Gasteiger partial charge is 0.335 e. The number of likely N-dealkylation sites (tertiary alicyclic amines) is 1. The molecule has 2 bridgehead atoms. The third kappa shape index (κ3) is 2.05. The van der Waals surface area contributed by atoms with Crippen LogP contribution in [0.25, 0.3) is 0 Å². The van der Waals surface area contributed by atoms with E-state index >= 15 is 0 Å². The molecule has 1 saturated heterocycles. The van der Waals surface area contributed by atoms with Crippen LogP contribution in [0.3, 0.4) is 0 Å². The van der Waals surface area contributed by atoms with Gasteiger partial charge in [-0.1, -0.05) is 11.8 Å². The summed E-state index contributed by atoms with van der Waals surface area (Å²) in [7, 11) is 0. The first-order valence-electron chi connectivity index (χ1n) is 6.36. The summed E-state index contributed by atoms with van der Waals surface area (Å²) in [4.78, 5) is 15.4. The molecule has 18 heavy (non-hydrogen) atoms. The van der Waals surface area contributed by atoms with Crippen molar-refractivity contribution in [3.8, 4) is 11.8 Å². The Morgan fingerprint density at radius 3 is 3.11 bits per heavy atom. The minimum atomic E-state index is 0.180. The molecule has 2 atom stereocenters. The molecule has 3 rings (SSSR count). The van der Waals surface area contributed by atoms with Crippen molar-refractivity contribution in [2.24, 2.45) is 11.7 Å². The first kappa shape index (κ1) is 11.8. The van der Waals surface area contributed by atoms with E-state index in [9.17, 15) is 4.79 Å². The molecule has 1 aromatic rings. The highest BCUT2D eigenvalue weighted by molar-refractivity contribution is 7.10. The highest BCUT2D eigenvalue weighted by atomic mass is 32.1. The van der Waals surface area contributed by atoms with Crippen LogP contribution in [-0.2, 0) is 0 Å².